The van der Waals surface area contributed by atoms with E-state index in [1.807, 2.05) is 0 Å². The van der Waals surface area contributed by atoms with E-state index in [4.69, 9.17) is 0 Å². The van der Waals surface area contributed by atoms with Crippen LogP contribution in [0, 0.1) is 0 Å². The number of alkyl halides is 2. The molecule has 0 saturated carbocycles. The highest BCUT2D eigenvalue weighted by molar-refractivity contribution is 7.89. The van der Waals surface area contributed by atoms with Gasteiger partial charge >= 0.3 is 0 Å². The van der Waals surface area contributed by atoms with Crippen molar-refractivity contribution >= 4 is 10.0 Å². The summed E-state index contributed by atoms with van der Waals surface area (Å²) < 4.78 is 45.9. The van der Waals surface area contributed by atoms with Crippen LogP contribution in [0.5, 0.6) is 0 Å². The largest absolute Gasteiger partial charge is 0.266 e. The number of primary sulfonamides is 1. The molecule has 1 rings (SSSR count). The maximum absolute atomic E-state index is 12.2. The van der Waals surface area contributed by atoms with Gasteiger partial charge in [0, 0.05) is 6.20 Å². The maximum atomic E-state index is 12.2. The Labute approximate surface area is 73.4 Å². The number of halogens is 2. The van der Waals surface area contributed by atoms with Crippen molar-refractivity contribution in [3.8, 4) is 0 Å². The lowest BCUT2D eigenvalue weighted by Crippen LogP contribution is -2.16. The molecule has 2 N–H and O–H groups in total. The molecule has 7 heteroatoms. The number of nitrogens with two attached hydrogens (primary N) is 1. The number of sulfonamides is 1. The van der Waals surface area contributed by atoms with E-state index in [-0.39, 0.29) is 0 Å². The van der Waals surface area contributed by atoms with Gasteiger partial charge in [0.1, 0.15) is 0 Å². The first-order valence-corrected chi connectivity index (χ1v) is 4.73. The summed E-state index contributed by atoms with van der Waals surface area (Å²) in [6.45, 7) is 0. The Hall–Kier alpha value is -1.08. The minimum Gasteiger partial charge on any atom is -0.243 e. The molecule has 0 fully saturated rings. The highest BCUT2D eigenvalue weighted by Crippen LogP contribution is 2.23. The van der Waals surface area contributed by atoms with E-state index in [1.54, 1.807) is 0 Å². The zero-order valence-corrected chi connectivity index (χ0v) is 7.13. The Kier molecular flexibility index (Phi) is 2.58. The van der Waals surface area contributed by atoms with Crippen LogP contribution < -0.4 is 5.14 Å². The summed E-state index contributed by atoms with van der Waals surface area (Å²) in [4.78, 5) is 3.28. The molecule has 0 spiro atoms. The molecule has 0 saturated heterocycles. The third-order valence-electron chi connectivity index (χ3n) is 1.31. The Bertz CT molecular complexity index is 405. The zero-order valence-electron chi connectivity index (χ0n) is 6.31. The average Bonchev–Trinajstić information content (AvgIpc) is 2.03. The summed E-state index contributed by atoms with van der Waals surface area (Å²) in [7, 11) is -4.17. The van der Waals surface area contributed by atoms with Crippen LogP contribution in [0.1, 0.15) is 12.0 Å². The highest BCUT2D eigenvalue weighted by atomic mass is 32.2. The van der Waals surface area contributed by atoms with Gasteiger partial charge in [0.15, 0.2) is 5.03 Å². The van der Waals surface area contributed by atoms with Gasteiger partial charge in [0.25, 0.3) is 16.4 Å². The summed E-state index contributed by atoms with van der Waals surface area (Å²) in [5.74, 6) is 0. The third kappa shape index (κ3) is 2.19. The van der Waals surface area contributed by atoms with Crippen LogP contribution in [0.15, 0.2) is 23.4 Å². The Morgan fingerprint density at radius 2 is 2.08 bits per heavy atom. The van der Waals surface area contributed by atoms with Gasteiger partial charge in [-0.1, -0.05) is 0 Å². The molecule has 1 heterocycles. The number of hydrogen-bond donors (Lipinski definition) is 1. The van der Waals surface area contributed by atoms with E-state index >= 15 is 0 Å². The molecular weight excluding hydrogens is 202 g/mol. The van der Waals surface area contributed by atoms with Gasteiger partial charge in [-0.15, -0.1) is 0 Å². The highest BCUT2D eigenvalue weighted by Gasteiger charge is 2.20. The fourth-order valence-electron chi connectivity index (χ4n) is 0.807. The van der Waals surface area contributed by atoms with Gasteiger partial charge in [-0.3, -0.25) is 0 Å². The fraction of sp³-hybridized carbons (Fsp3) is 0.167. The zero-order chi connectivity index (χ0) is 10.1. The van der Waals surface area contributed by atoms with Crippen LogP contribution in [0.2, 0.25) is 0 Å². The van der Waals surface area contributed by atoms with E-state index in [9.17, 15) is 17.2 Å². The first kappa shape index (κ1) is 10.0. The summed E-state index contributed by atoms with van der Waals surface area (Å²) in [6, 6.07) is 2.19. The normalized spacial score (nSPS) is 12.0. The van der Waals surface area contributed by atoms with Crippen LogP contribution in [-0.4, -0.2) is 13.4 Å². The van der Waals surface area contributed by atoms with Gasteiger partial charge < -0.3 is 0 Å². The van der Waals surface area contributed by atoms with Crippen molar-refractivity contribution in [3.05, 3.63) is 23.9 Å². The maximum Gasteiger partial charge on any atom is 0.266 e. The lowest BCUT2D eigenvalue weighted by atomic mass is 10.3. The van der Waals surface area contributed by atoms with Gasteiger partial charge in [0.2, 0.25) is 0 Å². The Morgan fingerprint density at radius 3 is 2.46 bits per heavy atom. The molecule has 4 nitrogen and oxygen atoms in total. The lowest BCUT2D eigenvalue weighted by molar-refractivity contribution is 0.147. The van der Waals surface area contributed by atoms with E-state index in [0.717, 1.165) is 12.3 Å². The van der Waals surface area contributed by atoms with Crippen LogP contribution in [-0.2, 0) is 10.0 Å². The Balaban J connectivity index is 3.37. The quantitative estimate of drug-likeness (QED) is 0.776. The summed E-state index contributed by atoms with van der Waals surface area (Å²) in [6.07, 6.45) is -1.81. The molecule has 1 aromatic rings. The molecule has 72 valence electrons. The minimum absolute atomic E-state index is 0.676. The van der Waals surface area contributed by atoms with Crippen molar-refractivity contribution in [3.63, 3.8) is 0 Å². The van der Waals surface area contributed by atoms with E-state index in [1.165, 1.54) is 6.07 Å². The van der Waals surface area contributed by atoms with Gasteiger partial charge in [-0.25, -0.2) is 27.3 Å². The number of hydrogen-bond acceptors (Lipinski definition) is 3. The molecule has 0 aliphatic rings. The van der Waals surface area contributed by atoms with Crippen LogP contribution in [0.4, 0.5) is 8.78 Å². The van der Waals surface area contributed by atoms with Crippen LogP contribution >= 0.6 is 0 Å². The van der Waals surface area contributed by atoms with Crippen LogP contribution in [0.3, 0.4) is 0 Å². The van der Waals surface area contributed by atoms with E-state index in [2.05, 4.69) is 10.1 Å². The van der Waals surface area contributed by atoms with Gasteiger partial charge in [0.05, 0.1) is 5.56 Å². The molecule has 0 atom stereocenters. The fourth-order valence-corrected chi connectivity index (χ4v) is 1.50. The number of pyridine rings is 1. The molecular formula is C6H6F2N2O2S. The van der Waals surface area contributed by atoms with Gasteiger partial charge in [-0.2, -0.15) is 0 Å². The van der Waals surface area contributed by atoms with Crippen LogP contribution in [0.25, 0.3) is 0 Å². The second-order valence-corrected chi connectivity index (χ2v) is 3.72. The summed E-state index contributed by atoms with van der Waals surface area (Å²) in [5, 5.41) is 3.90. The topological polar surface area (TPSA) is 73.1 Å². The van der Waals surface area contributed by atoms with Crippen molar-refractivity contribution in [1.29, 1.82) is 0 Å². The number of nitrogens with zero attached hydrogens (tertiary/aromatic N) is 1. The molecule has 13 heavy (non-hydrogen) atoms. The number of aromatic nitrogens is 1. The van der Waals surface area contributed by atoms with E-state index < -0.39 is 27.0 Å². The SMILES string of the molecule is NS(=O)(=O)c1ncccc1C(F)F. The number of rotatable bonds is 2. The van der Waals surface area contributed by atoms with Crippen molar-refractivity contribution in [2.45, 2.75) is 11.5 Å². The first-order valence-electron chi connectivity index (χ1n) is 3.19. The monoisotopic (exact) mass is 208 g/mol. The molecule has 0 aliphatic carbocycles. The second-order valence-electron chi connectivity index (χ2n) is 2.24. The van der Waals surface area contributed by atoms with Gasteiger partial charge in [-0.05, 0) is 12.1 Å². The predicted molar refractivity (Wildman–Crippen MR) is 40.6 cm³/mol. The van der Waals surface area contributed by atoms with Crippen molar-refractivity contribution in [2.75, 3.05) is 0 Å². The minimum atomic E-state index is -4.17. The predicted octanol–water partition coefficient (Wildman–Crippen LogP) is 0.667. The lowest BCUT2D eigenvalue weighted by Gasteiger charge is -2.03. The van der Waals surface area contributed by atoms with Crippen molar-refractivity contribution in [2.24, 2.45) is 5.14 Å². The molecule has 0 radical (unpaired) electrons. The standard InChI is InChI=1S/C6H6F2N2O2S/c7-5(8)4-2-1-3-10-6(4)13(9,11)12/h1-3,5H,(H2,9,11,12). The Morgan fingerprint density at radius 1 is 1.46 bits per heavy atom. The van der Waals surface area contributed by atoms with Crippen molar-refractivity contribution in [1.82, 2.24) is 4.98 Å². The molecule has 0 amide bonds. The average molecular weight is 208 g/mol. The first-order chi connectivity index (χ1) is 5.93. The molecule has 0 bridgehead atoms. The molecule has 1 aromatic heterocycles. The smallest absolute Gasteiger partial charge is 0.243 e. The van der Waals surface area contributed by atoms with Crippen molar-refractivity contribution < 1.29 is 17.2 Å². The molecule has 0 unspecified atom stereocenters. The second kappa shape index (κ2) is 3.35. The van der Waals surface area contributed by atoms with E-state index in [0.29, 0.717) is 0 Å². The molecule has 0 aromatic carbocycles. The summed E-state index contributed by atoms with van der Waals surface area (Å²) >= 11 is 0. The summed E-state index contributed by atoms with van der Waals surface area (Å²) in [5.41, 5.74) is -0.676. The molecule has 0 aliphatic heterocycles. The third-order valence-corrected chi connectivity index (χ3v) is 2.19.